The highest BCUT2D eigenvalue weighted by molar-refractivity contribution is 5.89. The number of esters is 2. The Labute approximate surface area is 275 Å². The number of aliphatic hydroxyl groups is 2. The first-order valence-corrected chi connectivity index (χ1v) is 16.8. The quantitative estimate of drug-likeness (QED) is 0.353. The molecule has 14 atom stereocenters. The summed E-state index contributed by atoms with van der Waals surface area (Å²) in [6.07, 6.45) is -2.79. The van der Waals surface area contributed by atoms with E-state index in [1.807, 2.05) is 0 Å². The van der Waals surface area contributed by atoms with Crippen LogP contribution in [0.25, 0.3) is 0 Å². The smallest absolute Gasteiger partial charge is 0.338 e. The van der Waals surface area contributed by atoms with Crippen LogP contribution >= 0.6 is 0 Å². The molecule has 1 saturated heterocycles. The van der Waals surface area contributed by atoms with E-state index in [1.165, 1.54) is 14.0 Å². The molecule has 0 aromatic heterocycles. The number of ether oxygens (including phenoxy) is 7. The third-order valence-electron chi connectivity index (χ3n) is 13.4. The van der Waals surface area contributed by atoms with Crippen molar-refractivity contribution in [2.75, 3.05) is 55.2 Å². The Hall–Kier alpha value is -2.32. The highest BCUT2D eigenvalue weighted by Gasteiger charge is 2.91. The lowest BCUT2D eigenvalue weighted by molar-refractivity contribution is -0.317. The molecular formula is C35H49NO11. The molecule has 12 nitrogen and oxygen atoms in total. The third-order valence-corrected chi connectivity index (χ3v) is 13.4. The molecule has 7 rings (SSSR count). The van der Waals surface area contributed by atoms with Crippen molar-refractivity contribution >= 4 is 11.9 Å². The normalized spacial score (nSPS) is 47.4. The average Bonchev–Trinajstić information content (AvgIpc) is 3.43. The molecule has 6 aliphatic rings. The Bertz CT molecular complexity index is 1390. The number of benzene rings is 1. The molecule has 7 bridgehead atoms. The first-order valence-electron chi connectivity index (χ1n) is 16.8. The summed E-state index contributed by atoms with van der Waals surface area (Å²) in [5.41, 5.74) is -4.08. The fourth-order valence-corrected chi connectivity index (χ4v) is 12.5. The summed E-state index contributed by atoms with van der Waals surface area (Å²) in [7, 11) is 8.11. The standard InChI is InChI=1S/C35H49NO11/c1-8-36-16-32(17-41-3)14-13-22(43-5)34-21-15-33(40)29(46-31(39)19-9-11-20(42-4)12-10-19)23(21)35(47-18(2)37,28(38)30(33)45-7)24(27(34)36)25(44-6)26(32)34/h9-12,21-30,38,40H,8,13-17H2,1-7H3/t21-,22?,23-,24?,25?,26-,27?,28+,29-,30+,32+,33-,34?,35-/m1/s1. The van der Waals surface area contributed by atoms with Gasteiger partial charge in [0.05, 0.1) is 31.5 Å². The number of likely N-dealkylation sites (tertiary alicyclic amines) is 1. The first-order chi connectivity index (χ1) is 22.5. The monoisotopic (exact) mass is 659 g/mol. The Kier molecular flexibility index (Phi) is 8.02. The van der Waals surface area contributed by atoms with Gasteiger partial charge in [0.1, 0.15) is 29.7 Å². The molecule has 1 heterocycles. The van der Waals surface area contributed by atoms with Gasteiger partial charge in [-0.1, -0.05) is 6.92 Å². The van der Waals surface area contributed by atoms with Gasteiger partial charge >= 0.3 is 11.9 Å². The average molecular weight is 660 g/mol. The van der Waals surface area contributed by atoms with E-state index >= 15 is 0 Å². The zero-order valence-corrected chi connectivity index (χ0v) is 28.3. The number of carbonyl (C=O) groups is 2. The van der Waals surface area contributed by atoms with E-state index in [2.05, 4.69) is 11.8 Å². The van der Waals surface area contributed by atoms with Gasteiger partial charge in [-0.15, -0.1) is 0 Å². The minimum atomic E-state index is -1.79. The molecule has 1 aliphatic heterocycles. The second kappa shape index (κ2) is 11.4. The van der Waals surface area contributed by atoms with Crippen molar-refractivity contribution in [3.63, 3.8) is 0 Å². The van der Waals surface area contributed by atoms with Crippen LogP contribution in [0.5, 0.6) is 5.75 Å². The predicted molar refractivity (Wildman–Crippen MR) is 166 cm³/mol. The molecule has 0 amide bonds. The Morgan fingerprint density at radius 1 is 1.00 bits per heavy atom. The van der Waals surface area contributed by atoms with Crippen molar-refractivity contribution in [3.05, 3.63) is 29.8 Å². The van der Waals surface area contributed by atoms with E-state index in [1.54, 1.807) is 52.7 Å². The van der Waals surface area contributed by atoms with Crippen molar-refractivity contribution in [3.8, 4) is 5.75 Å². The first kappa shape index (κ1) is 33.2. The van der Waals surface area contributed by atoms with E-state index < -0.39 is 70.7 Å². The van der Waals surface area contributed by atoms with Crippen LogP contribution in [-0.4, -0.2) is 130 Å². The molecule has 5 saturated carbocycles. The van der Waals surface area contributed by atoms with Gasteiger partial charge in [-0.3, -0.25) is 9.69 Å². The minimum Gasteiger partial charge on any atom is -0.497 e. The lowest BCUT2D eigenvalue weighted by Crippen LogP contribution is -2.80. The highest BCUT2D eigenvalue weighted by Crippen LogP contribution is 2.80. The van der Waals surface area contributed by atoms with Crippen LogP contribution in [0.4, 0.5) is 0 Å². The number of methoxy groups -OCH3 is 5. The number of hydrogen-bond acceptors (Lipinski definition) is 12. The SMILES string of the molecule is CCN1C[C@]2(COC)CCC(OC)C34C1C(C(OC)[C@@H]32)[C@]1(OC(C)=O)[C@@H]2[C@H]4C[C@@](O)([C@@H]2OC(=O)c2ccc(OC)cc2)[C@@H](OC)[C@@H]1O. The molecule has 5 unspecified atom stereocenters. The molecule has 5 aliphatic carbocycles. The van der Waals surface area contributed by atoms with E-state index in [0.29, 0.717) is 18.9 Å². The molecule has 12 heteroatoms. The van der Waals surface area contributed by atoms with Gasteiger partial charge in [0, 0.05) is 76.5 Å². The second-order valence-corrected chi connectivity index (χ2v) is 14.7. The maximum atomic E-state index is 13.9. The number of piperidine rings is 1. The van der Waals surface area contributed by atoms with Gasteiger partial charge in [-0.05, 0) is 56.0 Å². The fourth-order valence-electron chi connectivity index (χ4n) is 12.5. The zero-order chi connectivity index (χ0) is 33.7. The summed E-state index contributed by atoms with van der Waals surface area (Å²) in [6.45, 7) is 5.39. The van der Waals surface area contributed by atoms with Gasteiger partial charge in [0.2, 0.25) is 0 Å². The molecule has 1 aromatic carbocycles. The molecular weight excluding hydrogens is 610 g/mol. The van der Waals surface area contributed by atoms with E-state index in [4.69, 9.17) is 33.2 Å². The second-order valence-electron chi connectivity index (χ2n) is 14.7. The van der Waals surface area contributed by atoms with Gasteiger partial charge < -0.3 is 43.4 Å². The molecule has 2 N–H and O–H groups in total. The van der Waals surface area contributed by atoms with Crippen molar-refractivity contribution in [1.29, 1.82) is 0 Å². The van der Waals surface area contributed by atoms with Gasteiger partial charge in [0.25, 0.3) is 0 Å². The minimum absolute atomic E-state index is 0.118. The van der Waals surface area contributed by atoms with Gasteiger partial charge in [0.15, 0.2) is 5.60 Å². The molecule has 1 spiro atoms. The maximum Gasteiger partial charge on any atom is 0.338 e. The Morgan fingerprint density at radius 2 is 1.72 bits per heavy atom. The fraction of sp³-hybridized carbons (Fsp3) is 0.771. The maximum absolute atomic E-state index is 13.9. The lowest BCUT2D eigenvalue weighted by atomic mass is 9.43. The molecule has 6 fully saturated rings. The number of aliphatic hydroxyl groups excluding tert-OH is 1. The van der Waals surface area contributed by atoms with E-state index in [9.17, 15) is 19.8 Å². The summed E-state index contributed by atoms with van der Waals surface area (Å²) in [5.74, 6) is -2.51. The van der Waals surface area contributed by atoms with Gasteiger partial charge in [-0.25, -0.2) is 4.79 Å². The molecule has 0 radical (unpaired) electrons. The number of fused-ring (bicyclic) bond motifs is 2. The van der Waals surface area contributed by atoms with Crippen LogP contribution in [0.1, 0.15) is 43.5 Å². The lowest BCUT2D eigenvalue weighted by Gasteiger charge is -2.69. The van der Waals surface area contributed by atoms with E-state index in [0.717, 1.165) is 19.4 Å². The number of rotatable bonds is 10. The molecule has 1 aromatic rings. The summed E-state index contributed by atoms with van der Waals surface area (Å²) >= 11 is 0. The zero-order valence-electron chi connectivity index (χ0n) is 28.3. The van der Waals surface area contributed by atoms with Crippen LogP contribution in [0, 0.1) is 34.5 Å². The third kappa shape index (κ3) is 3.95. The predicted octanol–water partition coefficient (Wildman–Crippen LogP) is 1.69. The van der Waals surface area contributed by atoms with Crippen molar-refractivity contribution in [2.24, 2.45) is 34.5 Å². The number of nitrogens with zero attached hydrogens (tertiary/aromatic N) is 1. The number of hydrogen-bond donors (Lipinski definition) is 2. The Balaban J connectivity index is 1.48. The topological polar surface area (TPSA) is 142 Å². The highest BCUT2D eigenvalue weighted by atomic mass is 16.6. The van der Waals surface area contributed by atoms with Crippen LogP contribution in [-0.2, 0) is 33.2 Å². The van der Waals surface area contributed by atoms with E-state index in [-0.39, 0.29) is 35.5 Å². The molecule has 260 valence electrons. The van der Waals surface area contributed by atoms with Crippen molar-refractivity contribution < 1.29 is 53.0 Å². The van der Waals surface area contributed by atoms with Crippen LogP contribution in [0.2, 0.25) is 0 Å². The van der Waals surface area contributed by atoms with Crippen LogP contribution in [0.15, 0.2) is 24.3 Å². The van der Waals surface area contributed by atoms with Crippen LogP contribution < -0.4 is 4.74 Å². The van der Waals surface area contributed by atoms with Crippen molar-refractivity contribution in [2.45, 2.75) is 80.9 Å². The van der Waals surface area contributed by atoms with Crippen molar-refractivity contribution in [1.82, 2.24) is 4.90 Å². The Morgan fingerprint density at radius 3 is 2.30 bits per heavy atom. The largest absolute Gasteiger partial charge is 0.497 e. The summed E-state index contributed by atoms with van der Waals surface area (Å²) in [6, 6.07) is 6.32. The van der Waals surface area contributed by atoms with Gasteiger partial charge in [-0.2, -0.15) is 0 Å². The summed E-state index contributed by atoms with van der Waals surface area (Å²) < 4.78 is 43.1. The summed E-state index contributed by atoms with van der Waals surface area (Å²) in [4.78, 5) is 29.6. The number of carbonyl (C=O) groups excluding carboxylic acids is 2. The van der Waals surface area contributed by atoms with Crippen LogP contribution in [0.3, 0.4) is 0 Å². The molecule has 47 heavy (non-hydrogen) atoms. The summed E-state index contributed by atoms with van der Waals surface area (Å²) in [5, 5.41) is 25.4.